The summed E-state index contributed by atoms with van der Waals surface area (Å²) in [6.45, 7) is 0. The number of rotatable bonds is 5. The van der Waals surface area contributed by atoms with Crippen LogP contribution in [-0.2, 0) is 6.42 Å². The van der Waals surface area contributed by atoms with Crippen molar-refractivity contribution in [1.82, 2.24) is 0 Å². The van der Waals surface area contributed by atoms with Crippen molar-refractivity contribution in [2.45, 2.75) is 6.42 Å². The molecule has 0 aliphatic carbocycles. The molecular weight excluding hydrogens is 266 g/mol. The standard InChI is InChI=1S/C16H17N3O2/c1-20-15-9-13(18)14(10-16(15)21-2)19-12-5-3-11(4-6-12)7-8-17/h3-6,9-10,19H,7,18H2,1-2H3. The fourth-order valence-corrected chi connectivity index (χ4v) is 1.96. The summed E-state index contributed by atoms with van der Waals surface area (Å²) < 4.78 is 10.5. The fraction of sp³-hybridized carbons (Fsp3) is 0.188. The molecule has 2 rings (SSSR count). The molecule has 0 aliphatic heterocycles. The van der Waals surface area contributed by atoms with Gasteiger partial charge in [0.25, 0.3) is 0 Å². The number of nitrogens with two attached hydrogens (primary N) is 1. The third-order valence-electron chi connectivity index (χ3n) is 3.07. The molecular formula is C16H17N3O2. The van der Waals surface area contributed by atoms with Gasteiger partial charge in [-0.15, -0.1) is 0 Å². The monoisotopic (exact) mass is 283 g/mol. The molecule has 0 saturated heterocycles. The van der Waals surface area contributed by atoms with E-state index < -0.39 is 0 Å². The molecule has 0 atom stereocenters. The summed E-state index contributed by atoms with van der Waals surface area (Å²) in [5.41, 5.74) is 9.17. The van der Waals surface area contributed by atoms with Gasteiger partial charge in [0.2, 0.25) is 0 Å². The van der Waals surface area contributed by atoms with Crippen LogP contribution in [0.2, 0.25) is 0 Å². The van der Waals surface area contributed by atoms with Crippen LogP contribution in [0.3, 0.4) is 0 Å². The third kappa shape index (κ3) is 3.37. The maximum Gasteiger partial charge on any atom is 0.162 e. The van der Waals surface area contributed by atoms with Gasteiger partial charge in [-0.3, -0.25) is 0 Å². The predicted octanol–water partition coefficient (Wildman–Crippen LogP) is 3.10. The largest absolute Gasteiger partial charge is 0.493 e. The number of benzene rings is 2. The highest BCUT2D eigenvalue weighted by molar-refractivity contribution is 5.76. The van der Waals surface area contributed by atoms with E-state index in [1.165, 1.54) is 0 Å². The summed E-state index contributed by atoms with van der Waals surface area (Å²) in [4.78, 5) is 0. The van der Waals surface area contributed by atoms with Gasteiger partial charge in [-0.1, -0.05) is 12.1 Å². The zero-order valence-corrected chi connectivity index (χ0v) is 12.0. The Hall–Kier alpha value is -2.87. The molecule has 0 bridgehead atoms. The normalized spacial score (nSPS) is 9.76. The van der Waals surface area contributed by atoms with Crippen molar-refractivity contribution >= 4 is 17.1 Å². The minimum absolute atomic E-state index is 0.402. The van der Waals surface area contributed by atoms with Gasteiger partial charge in [-0.05, 0) is 17.7 Å². The van der Waals surface area contributed by atoms with Crippen molar-refractivity contribution in [2.75, 3.05) is 25.3 Å². The number of nitriles is 1. The zero-order chi connectivity index (χ0) is 15.2. The van der Waals surface area contributed by atoms with Crippen LogP contribution in [0.25, 0.3) is 0 Å². The van der Waals surface area contributed by atoms with Gasteiger partial charge >= 0.3 is 0 Å². The highest BCUT2D eigenvalue weighted by Gasteiger charge is 2.09. The molecule has 2 aromatic rings. The number of nitrogens with one attached hydrogen (secondary N) is 1. The second kappa shape index (κ2) is 6.53. The lowest BCUT2D eigenvalue weighted by Gasteiger charge is -2.14. The molecule has 0 aliphatic rings. The molecule has 0 unspecified atom stereocenters. The summed E-state index contributed by atoms with van der Waals surface area (Å²) in [6, 6.07) is 13.2. The molecule has 0 fully saturated rings. The Morgan fingerprint density at radius 1 is 1.10 bits per heavy atom. The van der Waals surface area contributed by atoms with E-state index in [0.29, 0.717) is 23.6 Å². The number of hydrogen-bond donors (Lipinski definition) is 2. The topological polar surface area (TPSA) is 80.3 Å². The molecule has 0 aromatic heterocycles. The number of methoxy groups -OCH3 is 2. The van der Waals surface area contributed by atoms with Gasteiger partial charge in [0.1, 0.15) is 0 Å². The predicted molar refractivity (Wildman–Crippen MR) is 83.0 cm³/mol. The highest BCUT2D eigenvalue weighted by atomic mass is 16.5. The van der Waals surface area contributed by atoms with Gasteiger partial charge < -0.3 is 20.5 Å². The van der Waals surface area contributed by atoms with Gasteiger partial charge in [-0.25, -0.2) is 0 Å². The van der Waals surface area contributed by atoms with E-state index in [1.807, 2.05) is 24.3 Å². The van der Waals surface area contributed by atoms with E-state index in [0.717, 1.165) is 16.9 Å². The van der Waals surface area contributed by atoms with Crippen molar-refractivity contribution in [1.29, 1.82) is 5.26 Å². The van der Waals surface area contributed by atoms with Gasteiger partial charge in [0.05, 0.1) is 38.1 Å². The minimum atomic E-state index is 0.402. The Morgan fingerprint density at radius 3 is 2.29 bits per heavy atom. The van der Waals surface area contributed by atoms with Crippen molar-refractivity contribution in [3.63, 3.8) is 0 Å². The molecule has 21 heavy (non-hydrogen) atoms. The van der Waals surface area contributed by atoms with Gasteiger partial charge in [0.15, 0.2) is 11.5 Å². The van der Waals surface area contributed by atoms with Crippen molar-refractivity contribution in [3.8, 4) is 17.6 Å². The van der Waals surface area contributed by atoms with Crippen molar-refractivity contribution in [2.24, 2.45) is 0 Å². The first-order valence-corrected chi connectivity index (χ1v) is 6.42. The second-order valence-corrected chi connectivity index (χ2v) is 4.45. The van der Waals surface area contributed by atoms with Gasteiger partial charge in [-0.2, -0.15) is 5.26 Å². The molecule has 2 aromatic carbocycles. The second-order valence-electron chi connectivity index (χ2n) is 4.45. The Balaban J connectivity index is 2.24. The molecule has 0 spiro atoms. The van der Waals surface area contributed by atoms with Crippen molar-refractivity contribution < 1.29 is 9.47 Å². The number of ether oxygens (including phenoxy) is 2. The van der Waals surface area contributed by atoms with Crippen molar-refractivity contribution in [3.05, 3.63) is 42.0 Å². The summed E-state index contributed by atoms with van der Waals surface area (Å²) in [5.74, 6) is 1.19. The van der Waals surface area contributed by atoms with Crippen LogP contribution in [0.5, 0.6) is 11.5 Å². The van der Waals surface area contributed by atoms with E-state index in [2.05, 4.69) is 11.4 Å². The lowest BCUT2D eigenvalue weighted by atomic mass is 10.1. The van der Waals surface area contributed by atoms with E-state index in [9.17, 15) is 0 Å². The Kier molecular flexibility index (Phi) is 4.52. The van der Waals surface area contributed by atoms with Crippen LogP contribution >= 0.6 is 0 Å². The average Bonchev–Trinajstić information content (AvgIpc) is 2.51. The molecule has 0 heterocycles. The molecule has 108 valence electrons. The van der Waals surface area contributed by atoms with E-state index in [-0.39, 0.29) is 0 Å². The van der Waals surface area contributed by atoms with E-state index in [1.54, 1.807) is 26.4 Å². The maximum atomic E-state index is 8.66. The SMILES string of the molecule is COc1cc(N)c(Nc2ccc(CC#N)cc2)cc1OC. The lowest BCUT2D eigenvalue weighted by Crippen LogP contribution is -1.99. The molecule has 0 saturated carbocycles. The Bertz CT molecular complexity index is 660. The van der Waals surface area contributed by atoms with Crippen LogP contribution in [-0.4, -0.2) is 14.2 Å². The summed E-state index contributed by atoms with van der Waals surface area (Å²) in [6.07, 6.45) is 0.402. The Labute approximate surface area is 123 Å². The Morgan fingerprint density at radius 2 is 1.71 bits per heavy atom. The van der Waals surface area contributed by atoms with Crippen LogP contribution < -0.4 is 20.5 Å². The first kappa shape index (κ1) is 14.5. The fourth-order valence-electron chi connectivity index (χ4n) is 1.96. The first-order chi connectivity index (χ1) is 10.2. The van der Waals surface area contributed by atoms with Gasteiger partial charge in [0, 0.05) is 17.8 Å². The molecule has 0 radical (unpaired) electrons. The molecule has 0 amide bonds. The van der Waals surface area contributed by atoms with Crippen LogP contribution in [0.4, 0.5) is 17.1 Å². The summed E-state index contributed by atoms with van der Waals surface area (Å²) in [7, 11) is 3.15. The molecule has 5 heteroatoms. The molecule has 3 N–H and O–H groups in total. The quantitative estimate of drug-likeness (QED) is 0.824. The third-order valence-corrected chi connectivity index (χ3v) is 3.07. The van der Waals surface area contributed by atoms with Crippen LogP contribution in [0.1, 0.15) is 5.56 Å². The zero-order valence-electron chi connectivity index (χ0n) is 12.0. The highest BCUT2D eigenvalue weighted by Crippen LogP contribution is 2.36. The van der Waals surface area contributed by atoms with Crippen LogP contribution in [0.15, 0.2) is 36.4 Å². The van der Waals surface area contributed by atoms with E-state index >= 15 is 0 Å². The number of anilines is 3. The average molecular weight is 283 g/mol. The summed E-state index contributed by atoms with van der Waals surface area (Å²) in [5, 5.41) is 11.9. The molecule has 5 nitrogen and oxygen atoms in total. The lowest BCUT2D eigenvalue weighted by molar-refractivity contribution is 0.355. The maximum absolute atomic E-state index is 8.66. The van der Waals surface area contributed by atoms with E-state index in [4.69, 9.17) is 20.5 Å². The minimum Gasteiger partial charge on any atom is -0.493 e. The van der Waals surface area contributed by atoms with Crippen LogP contribution in [0, 0.1) is 11.3 Å². The first-order valence-electron chi connectivity index (χ1n) is 6.42. The number of nitrogen functional groups attached to an aromatic ring is 1. The number of nitrogens with zero attached hydrogens (tertiary/aromatic N) is 1. The smallest absolute Gasteiger partial charge is 0.162 e. The summed E-state index contributed by atoms with van der Waals surface area (Å²) >= 11 is 0. The number of hydrogen-bond acceptors (Lipinski definition) is 5.